The molecule has 0 aliphatic carbocycles. The second-order valence-electron chi connectivity index (χ2n) is 7.02. The maximum Gasteiger partial charge on any atom is 0.266 e. The lowest BCUT2D eigenvalue weighted by atomic mass is 10.1. The van der Waals surface area contributed by atoms with Crippen LogP contribution in [0.2, 0.25) is 0 Å². The van der Waals surface area contributed by atoms with Gasteiger partial charge in [-0.3, -0.25) is 14.5 Å². The van der Waals surface area contributed by atoms with Crippen LogP contribution in [0.25, 0.3) is 6.08 Å². The van der Waals surface area contributed by atoms with Gasteiger partial charge in [-0.25, -0.2) is 0 Å². The van der Waals surface area contributed by atoms with E-state index < -0.39 is 0 Å². The number of ether oxygens (including phenoxy) is 1. The van der Waals surface area contributed by atoms with Gasteiger partial charge in [-0.15, -0.1) is 0 Å². The molecule has 7 heteroatoms. The molecule has 2 aromatic carbocycles. The van der Waals surface area contributed by atoms with E-state index >= 15 is 0 Å². The number of nitrogens with one attached hydrogen (secondary N) is 1. The third-order valence-corrected chi connectivity index (χ3v) is 5.94. The third kappa shape index (κ3) is 6.54. The minimum Gasteiger partial charge on any atom is -0.497 e. The van der Waals surface area contributed by atoms with Crippen molar-refractivity contribution in [1.82, 2.24) is 4.90 Å². The number of nitrogens with zero attached hydrogens (tertiary/aromatic N) is 1. The quantitative estimate of drug-likeness (QED) is 0.437. The zero-order valence-electron chi connectivity index (χ0n) is 17.5. The Hall–Kier alpha value is -2.90. The highest BCUT2D eigenvalue weighted by atomic mass is 32.2. The SMILES string of the molecule is COc1cccc(NC(=O)CCCN2C(=O)/C(=C/C(C)=C/c3ccccc3)SC2=S)c1. The predicted octanol–water partition coefficient (Wildman–Crippen LogP) is 5.26. The number of carbonyl (C=O) groups is 2. The van der Waals surface area contributed by atoms with Gasteiger partial charge in [-0.05, 0) is 42.7 Å². The van der Waals surface area contributed by atoms with Crippen LogP contribution < -0.4 is 10.1 Å². The zero-order valence-corrected chi connectivity index (χ0v) is 19.1. The molecule has 5 nitrogen and oxygen atoms in total. The van der Waals surface area contributed by atoms with Gasteiger partial charge in [-0.1, -0.05) is 66.5 Å². The molecule has 1 N–H and O–H groups in total. The fraction of sp³-hybridized carbons (Fsp3) is 0.208. The number of hydrogen-bond donors (Lipinski definition) is 1. The summed E-state index contributed by atoms with van der Waals surface area (Å²) in [5.74, 6) is 0.457. The second kappa shape index (κ2) is 10.9. The van der Waals surface area contributed by atoms with Gasteiger partial charge in [-0.2, -0.15) is 0 Å². The minimum atomic E-state index is -0.115. The Bertz CT molecular complexity index is 1030. The molecule has 0 bridgehead atoms. The highest BCUT2D eigenvalue weighted by Crippen LogP contribution is 2.32. The smallest absolute Gasteiger partial charge is 0.266 e. The van der Waals surface area contributed by atoms with Gasteiger partial charge in [0.25, 0.3) is 5.91 Å². The summed E-state index contributed by atoms with van der Waals surface area (Å²) >= 11 is 6.68. The number of allylic oxidation sites excluding steroid dienone is 2. The van der Waals surface area contributed by atoms with Crippen LogP contribution in [0.15, 0.2) is 71.2 Å². The van der Waals surface area contributed by atoms with Gasteiger partial charge >= 0.3 is 0 Å². The maximum absolute atomic E-state index is 12.7. The van der Waals surface area contributed by atoms with Crippen molar-refractivity contribution >= 4 is 51.9 Å². The molecule has 0 unspecified atom stereocenters. The second-order valence-corrected chi connectivity index (χ2v) is 8.69. The summed E-state index contributed by atoms with van der Waals surface area (Å²) in [6.07, 6.45) is 4.70. The summed E-state index contributed by atoms with van der Waals surface area (Å²) < 4.78 is 5.68. The highest BCUT2D eigenvalue weighted by Gasteiger charge is 2.31. The number of anilines is 1. The Balaban J connectivity index is 1.53. The Labute approximate surface area is 192 Å². The van der Waals surface area contributed by atoms with Crippen LogP contribution in [0, 0.1) is 0 Å². The van der Waals surface area contributed by atoms with Gasteiger partial charge in [0, 0.05) is 24.7 Å². The molecular formula is C24H24N2O3S2. The van der Waals surface area contributed by atoms with E-state index in [2.05, 4.69) is 5.32 Å². The summed E-state index contributed by atoms with van der Waals surface area (Å²) in [5.41, 5.74) is 2.73. The lowest BCUT2D eigenvalue weighted by Crippen LogP contribution is -2.29. The molecule has 2 amide bonds. The molecule has 0 atom stereocenters. The molecule has 3 rings (SSSR count). The van der Waals surface area contributed by atoms with Crippen molar-refractivity contribution in [2.75, 3.05) is 19.0 Å². The van der Waals surface area contributed by atoms with Crippen molar-refractivity contribution in [2.24, 2.45) is 0 Å². The molecule has 1 heterocycles. The molecule has 31 heavy (non-hydrogen) atoms. The van der Waals surface area contributed by atoms with Crippen molar-refractivity contribution in [1.29, 1.82) is 0 Å². The average Bonchev–Trinajstić information content (AvgIpc) is 3.01. The molecule has 1 aliphatic heterocycles. The highest BCUT2D eigenvalue weighted by molar-refractivity contribution is 8.26. The summed E-state index contributed by atoms with van der Waals surface area (Å²) in [5, 5.41) is 2.84. The average molecular weight is 453 g/mol. The molecule has 2 aromatic rings. The van der Waals surface area contributed by atoms with Crippen molar-refractivity contribution in [3.05, 3.63) is 76.7 Å². The third-order valence-electron chi connectivity index (χ3n) is 4.57. The van der Waals surface area contributed by atoms with E-state index in [4.69, 9.17) is 17.0 Å². The molecule has 1 fully saturated rings. The van der Waals surface area contributed by atoms with E-state index in [1.165, 1.54) is 11.8 Å². The zero-order chi connectivity index (χ0) is 22.2. The first-order valence-electron chi connectivity index (χ1n) is 9.89. The normalized spacial score (nSPS) is 15.5. The minimum absolute atomic E-state index is 0.107. The summed E-state index contributed by atoms with van der Waals surface area (Å²) in [4.78, 5) is 27.1. The summed E-state index contributed by atoms with van der Waals surface area (Å²) in [6.45, 7) is 2.37. The molecule has 160 valence electrons. The number of methoxy groups -OCH3 is 1. The fourth-order valence-electron chi connectivity index (χ4n) is 3.08. The first-order valence-corrected chi connectivity index (χ1v) is 11.1. The number of benzene rings is 2. The number of thioether (sulfide) groups is 1. The predicted molar refractivity (Wildman–Crippen MR) is 131 cm³/mol. The Morgan fingerprint density at radius 3 is 2.71 bits per heavy atom. The van der Waals surface area contributed by atoms with Crippen LogP contribution >= 0.6 is 24.0 Å². The standard InChI is InChI=1S/C24H24N2O3S2/c1-17(14-18-8-4-3-5-9-18)15-21-23(28)26(24(30)31-21)13-7-12-22(27)25-19-10-6-11-20(16-19)29-2/h3-6,8-11,14-16H,7,12-13H2,1-2H3,(H,25,27)/b17-14+,21-15-. The number of thiocarbonyl (C=S) groups is 1. The van der Waals surface area contributed by atoms with Gasteiger partial charge in [0.15, 0.2) is 0 Å². The van der Waals surface area contributed by atoms with Crippen LogP contribution in [-0.4, -0.2) is 34.7 Å². The van der Waals surface area contributed by atoms with Gasteiger partial charge in [0.05, 0.1) is 12.0 Å². The van der Waals surface area contributed by atoms with E-state index in [9.17, 15) is 9.59 Å². The van der Waals surface area contributed by atoms with Gasteiger partial charge in [0.1, 0.15) is 10.1 Å². The van der Waals surface area contributed by atoms with Crippen LogP contribution in [0.5, 0.6) is 5.75 Å². The lowest BCUT2D eigenvalue weighted by Gasteiger charge is -2.14. The first kappa shape index (κ1) is 22.8. The monoisotopic (exact) mass is 452 g/mol. The van der Waals surface area contributed by atoms with Crippen LogP contribution in [0.4, 0.5) is 5.69 Å². The number of carbonyl (C=O) groups excluding carboxylic acids is 2. The van der Waals surface area contributed by atoms with Crippen LogP contribution in [0.3, 0.4) is 0 Å². The van der Waals surface area contributed by atoms with Crippen molar-refractivity contribution in [3.8, 4) is 5.75 Å². The molecular weight excluding hydrogens is 428 g/mol. The van der Waals surface area contributed by atoms with E-state index in [-0.39, 0.29) is 11.8 Å². The van der Waals surface area contributed by atoms with Crippen molar-refractivity contribution in [2.45, 2.75) is 19.8 Å². The summed E-state index contributed by atoms with van der Waals surface area (Å²) in [6, 6.07) is 17.1. The number of amides is 2. The van der Waals surface area contributed by atoms with E-state index in [0.29, 0.717) is 40.0 Å². The Kier molecular flexibility index (Phi) is 8.03. The molecule has 0 radical (unpaired) electrons. The topological polar surface area (TPSA) is 58.6 Å². The summed E-state index contributed by atoms with van der Waals surface area (Å²) in [7, 11) is 1.58. The molecule has 1 saturated heterocycles. The Morgan fingerprint density at radius 2 is 1.97 bits per heavy atom. The van der Waals surface area contributed by atoms with Crippen LogP contribution in [0.1, 0.15) is 25.3 Å². The Morgan fingerprint density at radius 1 is 1.19 bits per heavy atom. The lowest BCUT2D eigenvalue weighted by molar-refractivity contribution is -0.122. The molecule has 0 aromatic heterocycles. The van der Waals surface area contributed by atoms with E-state index in [1.54, 1.807) is 24.1 Å². The van der Waals surface area contributed by atoms with Crippen molar-refractivity contribution < 1.29 is 14.3 Å². The molecule has 0 spiro atoms. The van der Waals surface area contributed by atoms with Crippen LogP contribution in [-0.2, 0) is 9.59 Å². The molecule has 1 aliphatic rings. The molecule has 0 saturated carbocycles. The van der Waals surface area contributed by atoms with Gasteiger partial charge in [0.2, 0.25) is 5.91 Å². The largest absolute Gasteiger partial charge is 0.497 e. The first-order chi connectivity index (χ1) is 15.0. The van der Waals surface area contributed by atoms with E-state index in [1.807, 2.05) is 61.5 Å². The maximum atomic E-state index is 12.7. The van der Waals surface area contributed by atoms with Crippen molar-refractivity contribution in [3.63, 3.8) is 0 Å². The van der Waals surface area contributed by atoms with E-state index in [0.717, 1.165) is 11.1 Å². The number of rotatable bonds is 8. The fourth-order valence-corrected chi connectivity index (χ4v) is 4.43. The van der Waals surface area contributed by atoms with Gasteiger partial charge < -0.3 is 10.1 Å². The number of hydrogen-bond acceptors (Lipinski definition) is 5.